The standard InChI is InChI=1S/C47H47F2N3S5/c1-3-5-7-9-11-13-15-30(16-14-12-10-8-6-4-2)52-37-20-17-29(48)23-33(37)34-24-36(49)35(25-38(34)52)42-28-45-44(56-42)27-41(55-45)32-19-18-31(46-47(32)51-57-50-46)40-26-43-39(54-40)21-22-53-43/h17-28,30H,3-16H2,1-2H3. The molecule has 0 atom stereocenters. The number of hydrogen-bond donors (Lipinski definition) is 0. The number of rotatable bonds is 18. The molecule has 9 aromatic rings. The van der Waals surface area contributed by atoms with Gasteiger partial charge in [0.2, 0.25) is 0 Å². The summed E-state index contributed by atoms with van der Waals surface area (Å²) < 4.78 is 48.1. The van der Waals surface area contributed by atoms with Crippen LogP contribution in [0.4, 0.5) is 8.78 Å². The van der Waals surface area contributed by atoms with Crippen LogP contribution in [0, 0.1) is 11.6 Å². The first-order valence-electron chi connectivity index (χ1n) is 20.7. The molecule has 294 valence electrons. The molecule has 0 amide bonds. The number of nitrogens with zero attached hydrogens (tertiary/aromatic N) is 3. The van der Waals surface area contributed by atoms with Crippen molar-refractivity contribution in [1.29, 1.82) is 0 Å². The minimum atomic E-state index is -0.282. The Labute approximate surface area is 353 Å². The van der Waals surface area contributed by atoms with Gasteiger partial charge in [-0.15, -0.1) is 45.3 Å². The summed E-state index contributed by atoms with van der Waals surface area (Å²) in [4.78, 5) is 3.28. The SMILES string of the molecule is CCCCCCCCC(CCCCCCCC)n1c2ccc(F)cc2c2cc(F)c(-c3cc4sc(-c5ccc(-c6cc7sccc7s6)c6nsnc56)cc4s3)cc21. The molecule has 10 heteroatoms. The Morgan fingerprint density at radius 1 is 0.544 bits per heavy atom. The highest BCUT2D eigenvalue weighted by Crippen LogP contribution is 2.47. The molecule has 0 radical (unpaired) electrons. The summed E-state index contributed by atoms with van der Waals surface area (Å²) in [5, 5.41) is 3.74. The predicted molar refractivity (Wildman–Crippen MR) is 248 cm³/mol. The molecular weight excluding hydrogens is 805 g/mol. The molecule has 6 heterocycles. The van der Waals surface area contributed by atoms with Crippen LogP contribution in [0.5, 0.6) is 0 Å². The summed E-state index contributed by atoms with van der Waals surface area (Å²) in [6, 6.07) is 22.3. The first-order chi connectivity index (χ1) is 28.0. The molecule has 0 fully saturated rings. The van der Waals surface area contributed by atoms with E-state index in [0.29, 0.717) is 5.56 Å². The van der Waals surface area contributed by atoms with Gasteiger partial charge in [-0.1, -0.05) is 103 Å². The highest BCUT2D eigenvalue weighted by Gasteiger charge is 2.23. The average Bonchev–Trinajstić information content (AvgIpc) is 4.06. The van der Waals surface area contributed by atoms with Gasteiger partial charge in [0.15, 0.2) is 0 Å². The summed E-state index contributed by atoms with van der Waals surface area (Å²) >= 11 is 8.20. The average molecular weight is 852 g/mol. The van der Waals surface area contributed by atoms with E-state index in [0.717, 1.165) is 76.0 Å². The number of benzene rings is 3. The topological polar surface area (TPSA) is 30.7 Å². The van der Waals surface area contributed by atoms with Crippen molar-refractivity contribution in [2.75, 3.05) is 0 Å². The Morgan fingerprint density at radius 3 is 1.74 bits per heavy atom. The molecule has 0 aliphatic carbocycles. The van der Waals surface area contributed by atoms with E-state index < -0.39 is 0 Å². The van der Waals surface area contributed by atoms with E-state index in [-0.39, 0.29) is 17.7 Å². The van der Waals surface area contributed by atoms with E-state index in [1.165, 1.54) is 103 Å². The zero-order valence-corrected chi connectivity index (χ0v) is 36.6. The summed E-state index contributed by atoms with van der Waals surface area (Å²) in [6.45, 7) is 4.53. The van der Waals surface area contributed by atoms with Gasteiger partial charge >= 0.3 is 0 Å². The second-order valence-corrected chi connectivity index (χ2v) is 20.2. The molecular formula is C47H47F2N3S5. The minimum absolute atomic E-state index is 0.261. The van der Waals surface area contributed by atoms with Crippen LogP contribution in [0.1, 0.15) is 110 Å². The van der Waals surface area contributed by atoms with Crippen molar-refractivity contribution in [1.82, 2.24) is 13.3 Å². The maximum atomic E-state index is 16.4. The Bertz CT molecular complexity index is 2720. The minimum Gasteiger partial charge on any atom is -0.337 e. The Hall–Kier alpha value is -3.54. The van der Waals surface area contributed by atoms with Gasteiger partial charge < -0.3 is 4.57 Å². The summed E-state index contributed by atoms with van der Waals surface area (Å²) in [6.07, 6.45) is 17.2. The molecule has 57 heavy (non-hydrogen) atoms. The van der Waals surface area contributed by atoms with Crippen LogP contribution in [0.25, 0.3) is 83.0 Å². The zero-order valence-electron chi connectivity index (χ0n) is 32.5. The van der Waals surface area contributed by atoms with Gasteiger partial charge in [0.05, 0.1) is 17.2 Å². The van der Waals surface area contributed by atoms with Crippen LogP contribution in [0.3, 0.4) is 0 Å². The van der Waals surface area contributed by atoms with Gasteiger partial charge in [-0.2, -0.15) is 8.75 Å². The van der Waals surface area contributed by atoms with E-state index in [9.17, 15) is 4.39 Å². The fourth-order valence-electron chi connectivity index (χ4n) is 8.61. The first-order valence-corrected chi connectivity index (χ1v) is 24.8. The maximum Gasteiger partial charge on any atom is 0.132 e. The molecule has 3 nitrogen and oxygen atoms in total. The zero-order chi connectivity index (χ0) is 38.9. The van der Waals surface area contributed by atoms with Crippen LogP contribution in [-0.2, 0) is 0 Å². The molecule has 0 bridgehead atoms. The van der Waals surface area contributed by atoms with Gasteiger partial charge in [-0.3, -0.25) is 0 Å². The van der Waals surface area contributed by atoms with E-state index in [2.05, 4.69) is 66.3 Å². The lowest BCUT2D eigenvalue weighted by molar-refractivity contribution is 0.410. The van der Waals surface area contributed by atoms with Crippen molar-refractivity contribution in [3.63, 3.8) is 0 Å². The highest BCUT2D eigenvalue weighted by molar-refractivity contribution is 7.31. The largest absolute Gasteiger partial charge is 0.337 e. The van der Waals surface area contributed by atoms with Crippen molar-refractivity contribution in [3.8, 4) is 31.3 Å². The summed E-state index contributed by atoms with van der Waals surface area (Å²) in [5.41, 5.74) is 6.73. The molecule has 6 aromatic heterocycles. The Balaban J connectivity index is 1.05. The van der Waals surface area contributed by atoms with Crippen LogP contribution in [-0.4, -0.2) is 13.3 Å². The lowest BCUT2D eigenvalue weighted by atomic mass is 9.99. The lowest BCUT2D eigenvalue weighted by Gasteiger charge is -2.22. The molecule has 0 unspecified atom stereocenters. The first kappa shape index (κ1) is 38.9. The van der Waals surface area contributed by atoms with E-state index in [1.807, 2.05) is 6.07 Å². The van der Waals surface area contributed by atoms with Crippen molar-refractivity contribution in [3.05, 3.63) is 83.7 Å². The Kier molecular flexibility index (Phi) is 11.9. The van der Waals surface area contributed by atoms with Gasteiger partial charge in [0.1, 0.15) is 22.7 Å². The number of hydrogen-bond acceptors (Lipinski definition) is 7. The molecule has 0 aliphatic heterocycles. The van der Waals surface area contributed by atoms with Gasteiger partial charge in [0, 0.05) is 72.5 Å². The lowest BCUT2D eigenvalue weighted by Crippen LogP contribution is -2.09. The number of unbranched alkanes of at least 4 members (excludes halogenated alkanes) is 10. The second-order valence-electron chi connectivity index (χ2n) is 15.5. The van der Waals surface area contributed by atoms with Crippen LogP contribution in [0.2, 0.25) is 0 Å². The van der Waals surface area contributed by atoms with Crippen molar-refractivity contribution >= 4 is 109 Å². The third-order valence-corrected chi connectivity index (χ3v) is 16.6. The predicted octanol–water partition coefficient (Wildman–Crippen LogP) is 17.7. The summed E-state index contributed by atoms with van der Waals surface area (Å²) in [7, 11) is 0. The van der Waals surface area contributed by atoms with Crippen molar-refractivity contribution in [2.24, 2.45) is 0 Å². The monoisotopic (exact) mass is 851 g/mol. The smallest absolute Gasteiger partial charge is 0.132 e. The molecule has 0 N–H and O–H groups in total. The normalized spacial score (nSPS) is 12.3. The maximum absolute atomic E-state index is 16.4. The highest BCUT2D eigenvalue weighted by atomic mass is 32.1. The number of fused-ring (bicyclic) bond motifs is 6. The third kappa shape index (κ3) is 7.85. The van der Waals surface area contributed by atoms with Crippen LogP contribution in [0.15, 0.2) is 72.1 Å². The molecule has 0 saturated heterocycles. The molecule has 3 aromatic carbocycles. The van der Waals surface area contributed by atoms with E-state index in [1.54, 1.807) is 63.5 Å². The fraction of sp³-hybridized carbons (Fsp3) is 0.362. The molecule has 0 aliphatic rings. The van der Waals surface area contributed by atoms with Crippen molar-refractivity contribution in [2.45, 2.75) is 110 Å². The second kappa shape index (κ2) is 17.4. The number of aromatic nitrogens is 3. The van der Waals surface area contributed by atoms with Gasteiger partial charge in [0.25, 0.3) is 0 Å². The summed E-state index contributed by atoms with van der Waals surface area (Å²) in [5.74, 6) is -0.543. The fourth-order valence-corrected chi connectivity index (χ4v) is 13.8. The van der Waals surface area contributed by atoms with Crippen LogP contribution < -0.4 is 0 Å². The van der Waals surface area contributed by atoms with Gasteiger partial charge in [-0.25, -0.2) is 8.78 Å². The van der Waals surface area contributed by atoms with E-state index in [4.69, 9.17) is 8.75 Å². The number of halogens is 2. The Morgan fingerprint density at radius 2 is 1.11 bits per heavy atom. The van der Waals surface area contributed by atoms with Crippen molar-refractivity contribution < 1.29 is 8.78 Å². The van der Waals surface area contributed by atoms with Crippen LogP contribution >= 0.6 is 57.1 Å². The van der Waals surface area contributed by atoms with Gasteiger partial charge in [-0.05, 0) is 72.8 Å². The molecule has 0 saturated carbocycles. The quantitative estimate of drug-likeness (QED) is 0.0805. The molecule has 0 spiro atoms. The van der Waals surface area contributed by atoms with E-state index >= 15 is 4.39 Å². The third-order valence-electron chi connectivity index (χ3n) is 11.6. The molecule has 9 rings (SSSR count). The number of thiophene rings is 4.